The van der Waals surface area contributed by atoms with E-state index in [1.54, 1.807) is 21.0 Å². The largest absolute Gasteiger partial charge is 0.390 e. The smallest absolute Gasteiger partial charge is 0.239 e. The minimum absolute atomic E-state index is 0.131. The molecule has 1 amide bonds. The van der Waals surface area contributed by atoms with Crippen molar-refractivity contribution in [3.05, 3.63) is 35.4 Å². The Balaban J connectivity index is 1.56. The predicted molar refractivity (Wildman–Crippen MR) is 113 cm³/mol. The maximum atomic E-state index is 14.0. The SMILES string of the molecule is CN[C@@H]1[C@H](O)[C@H](NC)C2O[C@]3(O)C(OC2[C@H]1O)O[C@H](C)C[C@H]3NC(=O)Cc1cccc(F)c1F. The molecule has 0 spiro atoms. The summed E-state index contributed by atoms with van der Waals surface area (Å²) in [4.78, 5) is 12.7. The number of aliphatic hydroxyl groups excluding tert-OH is 2. The second kappa shape index (κ2) is 9.70. The lowest BCUT2D eigenvalue weighted by Gasteiger charge is -2.58. The number of amides is 1. The third-order valence-electron chi connectivity index (χ3n) is 6.87. The second-order valence-corrected chi connectivity index (χ2v) is 9.07. The van der Waals surface area contributed by atoms with Crippen molar-refractivity contribution in [2.45, 2.75) is 80.5 Å². The van der Waals surface area contributed by atoms with Crippen LogP contribution in [-0.4, -0.2) is 96.0 Å². The Morgan fingerprint density at radius 2 is 1.82 bits per heavy atom. The molecule has 34 heavy (non-hydrogen) atoms. The van der Waals surface area contributed by atoms with Crippen molar-refractivity contribution < 1.29 is 43.1 Å². The van der Waals surface area contributed by atoms with Gasteiger partial charge < -0.3 is 45.5 Å². The lowest BCUT2D eigenvalue weighted by Crippen LogP contribution is -2.79. The lowest BCUT2D eigenvalue weighted by molar-refractivity contribution is -0.449. The van der Waals surface area contributed by atoms with Gasteiger partial charge in [0, 0.05) is 5.56 Å². The zero-order chi connectivity index (χ0) is 24.8. The van der Waals surface area contributed by atoms with Crippen LogP contribution >= 0.6 is 0 Å². The topological polar surface area (TPSA) is 142 Å². The van der Waals surface area contributed by atoms with Gasteiger partial charge in [0.1, 0.15) is 18.3 Å². The molecule has 4 rings (SSSR count). The molecular formula is C22H31F2N3O7. The van der Waals surface area contributed by atoms with Crippen LogP contribution in [0.15, 0.2) is 18.2 Å². The molecule has 0 bridgehead atoms. The third-order valence-corrected chi connectivity index (χ3v) is 6.87. The number of carbonyl (C=O) groups excluding carboxylic acids is 1. The molecule has 1 aromatic carbocycles. The van der Waals surface area contributed by atoms with Gasteiger partial charge in [0.2, 0.25) is 18.0 Å². The highest BCUT2D eigenvalue weighted by molar-refractivity contribution is 5.79. The number of ether oxygens (including phenoxy) is 3. The third kappa shape index (κ3) is 4.33. The molecule has 1 saturated carbocycles. The Kier molecular flexibility index (Phi) is 7.23. The molecule has 10 nitrogen and oxygen atoms in total. The van der Waals surface area contributed by atoms with Crippen molar-refractivity contribution in [3.8, 4) is 0 Å². The Hall–Kier alpha value is -1.77. The quantitative estimate of drug-likeness (QED) is 0.293. The predicted octanol–water partition coefficient (Wildman–Crippen LogP) is -1.49. The van der Waals surface area contributed by atoms with Gasteiger partial charge in [-0.1, -0.05) is 12.1 Å². The minimum Gasteiger partial charge on any atom is -0.390 e. The number of fused-ring (bicyclic) bond motifs is 2. The minimum atomic E-state index is -2.16. The van der Waals surface area contributed by atoms with Crippen molar-refractivity contribution in [1.82, 2.24) is 16.0 Å². The monoisotopic (exact) mass is 487 g/mol. The summed E-state index contributed by atoms with van der Waals surface area (Å²) < 4.78 is 45.3. The van der Waals surface area contributed by atoms with Crippen molar-refractivity contribution in [2.24, 2.45) is 0 Å². The molecule has 3 aliphatic rings. The van der Waals surface area contributed by atoms with Gasteiger partial charge in [-0.05, 0) is 33.5 Å². The van der Waals surface area contributed by atoms with E-state index in [0.717, 1.165) is 6.07 Å². The molecule has 1 aliphatic carbocycles. The fraction of sp³-hybridized carbons (Fsp3) is 0.682. The van der Waals surface area contributed by atoms with Crippen LogP contribution in [0, 0.1) is 11.6 Å². The van der Waals surface area contributed by atoms with Crippen LogP contribution < -0.4 is 16.0 Å². The molecule has 0 radical (unpaired) electrons. The fourth-order valence-electron chi connectivity index (χ4n) is 5.12. The summed E-state index contributed by atoms with van der Waals surface area (Å²) in [6.45, 7) is 1.72. The van der Waals surface area contributed by atoms with Crippen LogP contribution in [-0.2, 0) is 25.4 Å². The molecule has 6 N–H and O–H groups in total. The lowest BCUT2D eigenvalue weighted by atomic mass is 9.79. The van der Waals surface area contributed by atoms with E-state index in [4.69, 9.17) is 14.2 Å². The van der Waals surface area contributed by atoms with E-state index in [1.165, 1.54) is 12.1 Å². The number of likely N-dealkylation sites (N-methyl/N-ethyl adjacent to an activating group) is 2. The number of hydrogen-bond acceptors (Lipinski definition) is 9. The van der Waals surface area contributed by atoms with Gasteiger partial charge in [0.05, 0.1) is 36.8 Å². The Morgan fingerprint density at radius 1 is 1.12 bits per heavy atom. The first-order chi connectivity index (χ1) is 16.1. The van der Waals surface area contributed by atoms with Crippen LogP contribution in [0.3, 0.4) is 0 Å². The van der Waals surface area contributed by atoms with Gasteiger partial charge in [-0.15, -0.1) is 0 Å². The zero-order valence-electron chi connectivity index (χ0n) is 19.1. The van der Waals surface area contributed by atoms with E-state index in [1.807, 2.05) is 0 Å². The van der Waals surface area contributed by atoms with Gasteiger partial charge in [0.15, 0.2) is 11.6 Å². The summed E-state index contributed by atoms with van der Waals surface area (Å²) in [7, 11) is 3.19. The zero-order valence-corrected chi connectivity index (χ0v) is 19.1. The Bertz CT molecular complexity index is 911. The summed E-state index contributed by atoms with van der Waals surface area (Å²) in [6, 6.07) is 1.07. The highest BCUT2D eigenvalue weighted by atomic mass is 19.2. The second-order valence-electron chi connectivity index (χ2n) is 9.07. The summed E-state index contributed by atoms with van der Waals surface area (Å²) >= 11 is 0. The number of rotatable bonds is 5. The summed E-state index contributed by atoms with van der Waals surface area (Å²) in [5.41, 5.74) is -0.131. The molecule has 2 saturated heterocycles. The summed E-state index contributed by atoms with van der Waals surface area (Å²) in [5, 5.41) is 41.4. The average Bonchev–Trinajstić information content (AvgIpc) is 2.78. The van der Waals surface area contributed by atoms with E-state index >= 15 is 0 Å². The fourth-order valence-corrected chi connectivity index (χ4v) is 5.12. The molecule has 190 valence electrons. The number of carbonyl (C=O) groups is 1. The van der Waals surface area contributed by atoms with Crippen molar-refractivity contribution in [3.63, 3.8) is 0 Å². The van der Waals surface area contributed by atoms with E-state index in [2.05, 4.69) is 16.0 Å². The van der Waals surface area contributed by atoms with Crippen LogP contribution in [0.25, 0.3) is 0 Å². The van der Waals surface area contributed by atoms with Crippen LogP contribution in [0.4, 0.5) is 8.78 Å². The summed E-state index contributed by atoms with van der Waals surface area (Å²) in [5.74, 6) is -5.00. The molecule has 2 aliphatic heterocycles. The Labute approximate surface area is 195 Å². The van der Waals surface area contributed by atoms with Crippen LogP contribution in [0.1, 0.15) is 18.9 Å². The van der Waals surface area contributed by atoms with Crippen molar-refractivity contribution >= 4 is 5.91 Å². The van der Waals surface area contributed by atoms with Gasteiger partial charge in [0.25, 0.3) is 0 Å². The maximum Gasteiger partial charge on any atom is 0.239 e. The van der Waals surface area contributed by atoms with E-state index < -0.39 is 84.7 Å². The maximum absolute atomic E-state index is 14.0. The first-order valence-corrected chi connectivity index (χ1v) is 11.2. The molecule has 0 aromatic heterocycles. The number of benzene rings is 1. The molecule has 3 unspecified atom stereocenters. The Morgan fingerprint density at radius 3 is 2.50 bits per heavy atom. The number of nitrogens with one attached hydrogen (secondary N) is 3. The number of halogens is 2. The van der Waals surface area contributed by atoms with Crippen LogP contribution in [0.2, 0.25) is 0 Å². The van der Waals surface area contributed by atoms with E-state index in [9.17, 15) is 28.9 Å². The van der Waals surface area contributed by atoms with E-state index in [0.29, 0.717) is 0 Å². The molecule has 3 fully saturated rings. The molecule has 12 heteroatoms. The molecule has 1 aromatic rings. The first-order valence-electron chi connectivity index (χ1n) is 11.2. The van der Waals surface area contributed by atoms with Crippen molar-refractivity contribution in [2.75, 3.05) is 14.1 Å². The summed E-state index contributed by atoms with van der Waals surface area (Å²) in [6.07, 6.45) is -6.33. The van der Waals surface area contributed by atoms with Gasteiger partial charge in [-0.2, -0.15) is 0 Å². The normalized spacial score (nSPS) is 41.9. The number of hydrogen-bond donors (Lipinski definition) is 6. The van der Waals surface area contributed by atoms with E-state index in [-0.39, 0.29) is 12.0 Å². The van der Waals surface area contributed by atoms with Crippen molar-refractivity contribution in [1.29, 1.82) is 0 Å². The van der Waals surface area contributed by atoms with Gasteiger partial charge in [-0.3, -0.25) is 4.79 Å². The average molecular weight is 488 g/mol. The highest BCUT2D eigenvalue weighted by Gasteiger charge is 2.63. The van der Waals surface area contributed by atoms with Gasteiger partial charge in [-0.25, -0.2) is 8.78 Å². The van der Waals surface area contributed by atoms with Crippen LogP contribution in [0.5, 0.6) is 0 Å². The standard InChI is InChI=1S/C22H31F2N3O7/c1-9-7-12(27-13(28)8-10-5-4-6-11(23)14(10)24)22(31)21(32-9)33-20-18(30)15(25-2)17(29)16(26-3)19(20)34-22/h4-6,9,12,15-21,25-26,29-31H,7-8H2,1-3H3,(H,27,28)/t9-,12-,15-,16+,17+,18+,19?,20?,21?,22+/m1/s1. The molecule has 2 heterocycles. The van der Waals surface area contributed by atoms with Gasteiger partial charge >= 0.3 is 0 Å². The molecular weight excluding hydrogens is 456 g/mol. The highest BCUT2D eigenvalue weighted by Crippen LogP contribution is 2.42. The molecule has 10 atom stereocenters. The number of aliphatic hydroxyl groups is 3. The first kappa shape index (κ1) is 25.3.